The van der Waals surface area contributed by atoms with E-state index in [0.717, 1.165) is 29.0 Å². The monoisotopic (exact) mass is 428 g/mol. The SMILES string of the molecule is CCC[C@H](C)NC(=O)COC(=O)[C@H]1CC(=O)N(c2ccc(C)cc2)[C@@H]1c1cccs1. The van der Waals surface area contributed by atoms with Crippen molar-refractivity contribution in [2.24, 2.45) is 5.92 Å². The van der Waals surface area contributed by atoms with Gasteiger partial charge >= 0.3 is 5.97 Å². The summed E-state index contributed by atoms with van der Waals surface area (Å²) >= 11 is 1.50. The third-order valence-corrected chi connectivity index (χ3v) is 6.19. The number of aryl methyl sites for hydroxylation is 1. The van der Waals surface area contributed by atoms with Crippen molar-refractivity contribution in [2.75, 3.05) is 11.5 Å². The standard InChI is InChI=1S/C23H28N2O4S/c1-4-6-16(3)24-20(26)14-29-23(28)18-13-21(27)25(17-10-8-15(2)9-11-17)22(18)19-7-5-12-30-19/h5,7-12,16,18,22H,4,6,13-14H2,1-3H3,(H,24,26)/t16-,18-,22-/m0/s1. The fourth-order valence-corrected chi connectivity index (χ4v) is 4.69. The number of rotatable bonds is 8. The first-order valence-electron chi connectivity index (χ1n) is 10.3. The van der Waals surface area contributed by atoms with Crippen LogP contribution in [-0.2, 0) is 19.1 Å². The van der Waals surface area contributed by atoms with Crippen LogP contribution in [-0.4, -0.2) is 30.4 Å². The molecule has 2 heterocycles. The van der Waals surface area contributed by atoms with Crippen LogP contribution in [0.2, 0.25) is 0 Å². The lowest BCUT2D eigenvalue weighted by Gasteiger charge is -2.27. The predicted octanol–water partition coefficient (Wildman–Crippen LogP) is 4.00. The Morgan fingerprint density at radius 3 is 2.63 bits per heavy atom. The number of esters is 1. The molecule has 0 radical (unpaired) electrons. The van der Waals surface area contributed by atoms with Crippen LogP contribution in [0.25, 0.3) is 0 Å². The van der Waals surface area contributed by atoms with Crippen molar-refractivity contribution in [3.63, 3.8) is 0 Å². The number of nitrogens with one attached hydrogen (secondary N) is 1. The number of hydrogen-bond acceptors (Lipinski definition) is 5. The van der Waals surface area contributed by atoms with E-state index in [0.29, 0.717) is 0 Å². The van der Waals surface area contributed by atoms with Gasteiger partial charge in [0.05, 0.1) is 12.0 Å². The predicted molar refractivity (Wildman–Crippen MR) is 117 cm³/mol. The van der Waals surface area contributed by atoms with Gasteiger partial charge in [0.1, 0.15) is 0 Å². The van der Waals surface area contributed by atoms with Gasteiger partial charge < -0.3 is 15.0 Å². The summed E-state index contributed by atoms with van der Waals surface area (Å²) in [4.78, 5) is 40.4. The summed E-state index contributed by atoms with van der Waals surface area (Å²) < 4.78 is 5.32. The van der Waals surface area contributed by atoms with E-state index in [9.17, 15) is 14.4 Å². The number of benzene rings is 1. The molecular formula is C23H28N2O4S. The zero-order chi connectivity index (χ0) is 21.7. The molecular weight excluding hydrogens is 400 g/mol. The first-order valence-corrected chi connectivity index (χ1v) is 11.2. The molecule has 1 aromatic carbocycles. The highest BCUT2D eigenvalue weighted by Crippen LogP contribution is 2.43. The summed E-state index contributed by atoms with van der Waals surface area (Å²) in [6.45, 7) is 5.62. The van der Waals surface area contributed by atoms with E-state index in [1.807, 2.05) is 62.5 Å². The number of anilines is 1. The maximum absolute atomic E-state index is 12.9. The van der Waals surface area contributed by atoms with Gasteiger partial charge in [-0.3, -0.25) is 14.4 Å². The zero-order valence-corrected chi connectivity index (χ0v) is 18.4. The molecule has 0 unspecified atom stereocenters. The van der Waals surface area contributed by atoms with Crippen LogP contribution in [0, 0.1) is 12.8 Å². The summed E-state index contributed by atoms with van der Waals surface area (Å²) in [5.74, 6) is -1.62. The second-order valence-corrected chi connectivity index (χ2v) is 8.71. The average Bonchev–Trinajstić information content (AvgIpc) is 3.34. The molecule has 3 rings (SSSR count). The van der Waals surface area contributed by atoms with Crippen LogP contribution in [0.5, 0.6) is 0 Å². The smallest absolute Gasteiger partial charge is 0.312 e. The number of hydrogen-bond donors (Lipinski definition) is 1. The Labute approximate surface area is 181 Å². The summed E-state index contributed by atoms with van der Waals surface area (Å²) in [7, 11) is 0. The van der Waals surface area contributed by atoms with E-state index in [2.05, 4.69) is 5.32 Å². The van der Waals surface area contributed by atoms with Crippen LogP contribution in [0.4, 0.5) is 5.69 Å². The number of amides is 2. The van der Waals surface area contributed by atoms with Crippen molar-refractivity contribution >= 4 is 34.8 Å². The second kappa shape index (κ2) is 9.89. The maximum atomic E-state index is 12.9. The molecule has 30 heavy (non-hydrogen) atoms. The lowest BCUT2D eigenvalue weighted by molar-refractivity contribution is -0.153. The van der Waals surface area contributed by atoms with Gasteiger partial charge in [-0.2, -0.15) is 0 Å². The number of ether oxygens (including phenoxy) is 1. The van der Waals surface area contributed by atoms with Crippen molar-refractivity contribution in [1.29, 1.82) is 0 Å². The summed E-state index contributed by atoms with van der Waals surface area (Å²) in [6, 6.07) is 11.1. The molecule has 0 aliphatic carbocycles. The Hall–Kier alpha value is -2.67. The molecule has 1 aliphatic heterocycles. The minimum atomic E-state index is -0.654. The van der Waals surface area contributed by atoms with Crippen LogP contribution >= 0.6 is 11.3 Å². The number of thiophene rings is 1. The molecule has 0 saturated carbocycles. The minimum Gasteiger partial charge on any atom is -0.455 e. The van der Waals surface area contributed by atoms with Gasteiger partial charge in [-0.15, -0.1) is 11.3 Å². The lowest BCUT2D eigenvalue weighted by atomic mass is 9.99. The first kappa shape index (κ1) is 22.0. The van der Waals surface area contributed by atoms with Crippen molar-refractivity contribution < 1.29 is 19.1 Å². The maximum Gasteiger partial charge on any atom is 0.312 e. The third-order valence-electron chi connectivity index (χ3n) is 5.25. The molecule has 1 fully saturated rings. The second-order valence-electron chi connectivity index (χ2n) is 7.74. The Kier molecular flexibility index (Phi) is 7.26. The van der Waals surface area contributed by atoms with E-state index in [4.69, 9.17) is 4.74 Å². The van der Waals surface area contributed by atoms with E-state index in [1.54, 1.807) is 4.90 Å². The number of carbonyl (C=O) groups is 3. The highest BCUT2D eigenvalue weighted by Gasteiger charge is 2.46. The van der Waals surface area contributed by atoms with Crippen LogP contribution in [0.1, 0.15) is 49.6 Å². The molecule has 1 aromatic heterocycles. The van der Waals surface area contributed by atoms with Crippen molar-refractivity contribution in [1.82, 2.24) is 5.32 Å². The van der Waals surface area contributed by atoms with E-state index in [1.165, 1.54) is 11.3 Å². The van der Waals surface area contributed by atoms with Crippen LogP contribution in [0.15, 0.2) is 41.8 Å². The zero-order valence-electron chi connectivity index (χ0n) is 17.6. The van der Waals surface area contributed by atoms with Gasteiger partial charge in [0.2, 0.25) is 5.91 Å². The highest BCUT2D eigenvalue weighted by molar-refractivity contribution is 7.10. The van der Waals surface area contributed by atoms with Crippen LogP contribution < -0.4 is 10.2 Å². The fourth-order valence-electron chi connectivity index (χ4n) is 3.81. The summed E-state index contributed by atoms with van der Waals surface area (Å²) in [5, 5.41) is 4.75. The minimum absolute atomic E-state index is 0.0326. The van der Waals surface area contributed by atoms with E-state index >= 15 is 0 Å². The Morgan fingerprint density at radius 1 is 1.27 bits per heavy atom. The Bertz CT molecular complexity index is 879. The van der Waals surface area contributed by atoms with Gasteiger partial charge in [0, 0.05) is 23.0 Å². The normalized spacial score (nSPS) is 19.6. The molecule has 1 saturated heterocycles. The van der Waals surface area contributed by atoms with Crippen molar-refractivity contribution in [3.8, 4) is 0 Å². The first-order chi connectivity index (χ1) is 14.4. The third kappa shape index (κ3) is 5.08. The van der Waals surface area contributed by atoms with Crippen LogP contribution in [0.3, 0.4) is 0 Å². The summed E-state index contributed by atoms with van der Waals surface area (Å²) in [6.07, 6.45) is 1.88. The van der Waals surface area contributed by atoms with Gasteiger partial charge in [0.25, 0.3) is 5.91 Å². The average molecular weight is 429 g/mol. The molecule has 2 aromatic rings. The molecule has 7 heteroatoms. The molecule has 6 nitrogen and oxygen atoms in total. The molecule has 1 N–H and O–H groups in total. The molecule has 2 amide bonds. The van der Waals surface area contributed by atoms with Crippen molar-refractivity contribution in [3.05, 3.63) is 52.2 Å². The number of carbonyl (C=O) groups excluding carboxylic acids is 3. The lowest BCUT2D eigenvalue weighted by Crippen LogP contribution is -2.37. The quantitative estimate of drug-likeness (QED) is 0.645. The van der Waals surface area contributed by atoms with Gasteiger partial charge in [-0.25, -0.2) is 0 Å². The summed E-state index contributed by atoms with van der Waals surface area (Å²) in [5.41, 5.74) is 1.85. The highest BCUT2D eigenvalue weighted by atomic mass is 32.1. The molecule has 0 spiro atoms. The van der Waals surface area contributed by atoms with E-state index in [-0.39, 0.29) is 30.9 Å². The molecule has 1 aliphatic rings. The van der Waals surface area contributed by atoms with Gasteiger partial charge in [-0.1, -0.05) is 37.1 Å². The fraction of sp³-hybridized carbons (Fsp3) is 0.435. The van der Waals surface area contributed by atoms with Gasteiger partial charge in [0.15, 0.2) is 6.61 Å². The van der Waals surface area contributed by atoms with Crippen molar-refractivity contribution in [2.45, 2.75) is 52.1 Å². The molecule has 0 bridgehead atoms. The molecule has 3 atom stereocenters. The Morgan fingerprint density at radius 2 is 2.00 bits per heavy atom. The van der Waals surface area contributed by atoms with Gasteiger partial charge in [-0.05, 0) is 43.8 Å². The number of nitrogens with zero attached hydrogens (tertiary/aromatic N) is 1. The Balaban J connectivity index is 1.75. The largest absolute Gasteiger partial charge is 0.455 e. The van der Waals surface area contributed by atoms with E-state index < -0.39 is 17.9 Å². The molecule has 160 valence electrons. The topological polar surface area (TPSA) is 75.7 Å².